The zero-order chi connectivity index (χ0) is 32.4. The highest BCUT2D eigenvalue weighted by Crippen LogP contribution is 2.29. The number of fused-ring (bicyclic) bond motifs is 1. The first-order valence-corrected chi connectivity index (χ1v) is 14.8. The number of carbonyl (C=O) groups is 3. The molecule has 0 saturated carbocycles. The molecule has 2 aromatic carbocycles. The van der Waals surface area contributed by atoms with E-state index in [4.69, 9.17) is 18.6 Å². The van der Waals surface area contributed by atoms with Gasteiger partial charge in [-0.25, -0.2) is 14.4 Å². The number of ether oxygens (including phenoxy) is 3. The molecule has 0 aliphatic carbocycles. The lowest BCUT2D eigenvalue weighted by Gasteiger charge is -2.17. The molecule has 0 amide bonds. The van der Waals surface area contributed by atoms with Crippen LogP contribution in [-0.4, -0.2) is 31.1 Å². The topological polar surface area (TPSA) is 109 Å². The summed E-state index contributed by atoms with van der Waals surface area (Å²) in [6.07, 6.45) is 4.20. The Labute approximate surface area is 258 Å². The third-order valence-corrected chi connectivity index (χ3v) is 6.92. The summed E-state index contributed by atoms with van der Waals surface area (Å²) in [4.78, 5) is 48.9. The molecular weight excluding hydrogens is 560 g/mol. The first-order valence-electron chi connectivity index (χ1n) is 14.8. The summed E-state index contributed by atoms with van der Waals surface area (Å²) >= 11 is 0. The normalized spacial score (nSPS) is 11.2. The summed E-state index contributed by atoms with van der Waals surface area (Å²) in [5.74, 6) is -0.812. The number of hydrogen-bond donors (Lipinski definition) is 0. The van der Waals surface area contributed by atoms with Gasteiger partial charge < -0.3 is 18.6 Å². The van der Waals surface area contributed by atoms with Crippen LogP contribution in [0.25, 0.3) is 22.1 Å². The van der Waals surface area contributed by atoms with Gasteiger partial charge in [0, 0.05) is 16.5 Å². The van der Waals surface area contributed by atoms with Crippen molar-refractivity contribution in [3.05, 3.63) is 88.3 Å². The van der Waals surface area contributed by atoms with Crippen LogP contribution in [0.4, 0.5) is 0 Å². The predicted molar refractivity (Wildman–Crippen MR) is 170 cm³/mol. The quantitative estimate of drug-likeness (QED) is 0.0622. The number of hydrogen-bond acceptors (Lipinski definition) is 8. The van der Waals surface area contributed by atoms with Gasteiger partial charge in [-0.1, -0.05) is 37.4 Å². The number of rotatable bonds is 14. The van der Waals surface area contributed by atoms with Crippen molar-refractivity contribution in [2.75, 3.05) is 13.2 Å². The molecule has 44 heavy (non-hydrogen) atoms. The van der Waals surface area contributed by atoms with Gasteiger partial charge in [0.25, 0.3) is 0 Å². The molecule has 0 aliphatic heterocycles. The minimum absolute atomic E-state index is 0.240. The Morgan fingerprint density at radius 2 is 1.41 bits per heavy atom. The van der Waals surface area contributed by atoms with E-state index in [0.717, 1.165) is 29.4 Å². The average Bonchev–Trinajstić information content (AvgIpc) is 2.96. The molecule has 3 rings (SSSR count). The lowest BCUT2D eigenvalue weighted by Crippen LogP contribution is -2.23. The summed E-state index contributed by atoms with van der Waals surface area (Å²) in [6, 6.07) is 12.4. The first kappa shape index (κ1) is 34.0. The van der Waals surface area contributed by atoms with Gasteiger partial charge in [0.15, 0.2) is 0 Å². The molecule has 0 saturated heterocycles. The summed E-state index contributed by atoms with van der Waals surface area (Å²) in [5.41, 5.74) is 3.16. The van der Waals surface area contributed by atoms with Gasteiger partial charge in [0.2, 0.25) is 0 Å². The molecule has 0 atom stereocenters. The van der Waals surface area contributed by atoms with Crippen LogP contribution >= 0.6 is 0 Å². The van der Waals surface area contributed by atoms with Crippen molar-refractivity contribution in [2.24, 2.45) is 5.41 Å². The molecule has 0 unspecified atom stereocenters. The summed E-state index contributed by atoms with van der Waals surface area (Å²) in [5, 5.41) is 0.783. The lowest BCUT2D eigenvalue weighted by atomic mass is 9.94. The summed E-state index contributed by atoms with van der Waals surface area (Å²) in [7, 11) is 0. The lowest BCUT2D eigenvalue weighted by molar-refractivity contribution is -0.153. The molecule has 0 N–H and O–H groups in total. The molecule has 1 heterocycles. The summed E-state index contributed by atoms with van der Waals surface area (Å²) in [6.45, 7) is 16.4. The van der Waals surface area contributed by atoms with E-state index >= 15 is 0 Å². The fourth-order valence-corrected chi connectivity index (χ4v) is 4.38. The number of aryl methyl sites for hydroxylation is 2. The van der Waals surface area contributed by atoms with Crippen LogP contribution in [0, 0.1) is 5.41 Å². The van der Waals surface area contributed by atoms with E-state index in [1.165, 1.54) is 0 Å². The zero-order valence-corrected chi connectivity index (χ0v) is 26.4. The van der Waals surface area contributed by atoms with Crippen LogP contribution in [0.3, 0.4) is 0 Å². The standard InChI is InChI=1S/C36H42O8/c1-23(2)32(37)41-20-10-8-12-25-14-15-27-22-30(26-16-18-28(19-17-26)43-33(38)24(3)4)34(39)44-31(27)29(25)13-9-11-21-42-35(40)36(5,6)7/h14-19,22H,1,3,8-13,20-21H2,2,4-7H3. The molecule has 3 aromatic rings. The Kier molecular flexibility index (Phi) is 11.9. The van der Waals surface area contributed by atoms with Crippen molar-refractivity contribution in [3.63, 3.8) is 0 Å². The minimum atomic E-state index is -0.558. The highest BCUT2D eigenvalue weighted by molar-refractivity contribution is 5.89. The molecule has 0 aliphatic rings. The van der Waals surface area contributed by atoms with Crippen molar-refractivity contribution in [1.29, 1.82) is 0 Å². The van der Waals surface area contributed by atoms with Gasteiger partial charge in [0.1, 0.15) is 11.3 Å². The highest BCUT2D eigenvalue weighted by Gasteiger charge is 2.22. The van der Waals surface area contributed by atoms with Gasteiger partial charge in [-0.2, -0.15) is 0 Å². The van der Waals surface area contributed by atoms with Gasteiger partial charge >= 0.3 is 23.5 Å². The molecule has 8 heteroatoms. The molecule has 1 aromatic heterocycles. The van der Waals surface area contributed by atoms with E-state index in [0.29, 0.717) is 66.9 Å². The smallest absolute Gasteiger partial charge is 0.344 e. The SMILES string of the molecule is C=C(C)C(=O)OCCCCc1ccc2cc(-c3ccc(OC(=O)C(=C)C)cc3)c(=O)oc2c1CCCCOC(=O)C(C)(C)C. The van der Waals surface area contributed by atoms with E-state index in [9.17, 15) is 19.2 Å². The van der Waals surface area contributed by atoms with Crippen molar-refractivity contribution >= 4 is 28.9 Å². The molecule has 8 nitrogen and oxygen atoms in total. The van der Waals surface area contributed by atoms with Crippen molar-refractivity contribution < 1.29 is 33.0 Å². The Bertz CT molecular complexity index is 1590. The zero-order valence-electron chi connectivity index (χ0n) is 26.4. The van der Waals surface area contributed by atoms with E-state index in [1.54, 1.807) is 38.1 Å². The number of carbonyl (C=O) groups excluding carboxylic acids is 3. The van der Waals surface area contributed by atoms with Crippen molar-refractivity contribution in [1.82, 2.24) is 0 Å². The number of benzene rings is 2. The highest BCUT2D eigenvalue weighted by atomic mass is 16.5. The second-order valence-electron chi connectivity index (χ2n) is 12.0. The predicted octanol–water partition coefficient (Wildman–Crippen LogP) is 7.30. The second kappa shape index (κ2) is 15.3. The largest absolute Gasteiger partial charge is 0.465 e. The monoisotopic (exact) mass is 602 g/mol. The van der Waals surface area contributed by atoms with E-state index < -0.39 is 23.0 Å². The average molecular weight is 603 g/mol. The first-order chi connectivity index (χ1) is 20.8. The van der Waals surface area contributed by atoms with Crippen LogP contribution in [0.1, 0.15) is 71.4 Å². The second-order valence-corrected chi connectivity index (χ2v) is 12.0. The van der Waals surface area contributed by atoms with Crippen LogP contribution in [0.15, 0.2) is 76.0 Å². The molecule has 0 spiro atoms. The van der Waals surface area contributed by atoms with E-state index in [2.05, 4.69) is 13.2 Å². The van der Waals surface area contributed by atoms with Crippen LogP contribution in [-0.2, 0) is 36.7 Å². The fourth-order valence-electron chi connectivity index (χ4n) is 4.38. The molecule has 0 bridgehead atoms. The minimum Gasteiger partial charge on any atom is -0.465 e. The Morgan fingerprint density at radius 1 is 0.795 bits per heavy atom. The maximum Gasteiger partial charge on any atom is 0.344 e. The third-order valence-electron chi connectivity index (χ3n) is 6.92. The van der Waals surface area contributed by atoms with Crippen LogP contribution in [0.2, 0.25) is 0 Å². The van der Waals surface area contributed by atoms with E-state index in [1.807, 2.05) is 39.0 Å². The van der Waals surface area contributed by atoms with Crippen molar-refractivity contribution in [3.8, 4) is 16.9 Å². The maximum absolute atomic E-state index is 13.2. The van der Waals surface area contributed by atoms with Crippen LogP contribution in [0.5, 0.6) is 5.75 Å². The van der Waals surface area contributed by atoms with Gasteiger partial charge in [-0.15, -0.1) is 0 Å². The molecule has 0 radical (unpaired) electrons. The van der Waals surface area contributed by atoms with Crippen molar-refractivity contribution in [2.45, 2.75) is 73.1 Å². The van der Waals surface area contributed by atoms with Gasteiger partial charge in [-0.05, 0) is 108 Å². The molecular formula is C36H42O8. The third kappa shape index (κ3) is 9.53. The van der Waals surface area contributed by atoms with Crippen LogP contribution < -0.4 is 10.4 Å². The Balaban J connectivity index is 1.82. The van der Waals surface area contributed by atoms with Gasteiger partial charge in [0.05, 0.1) is 24.2 Å². The number of esters is 3. The maximum atomic E-state index is 13.2. The Morgan fingerprint density at radius 3 is 2.02 bits per heavy atom. The van der Waals surface area contributed by atoms with E-state index in [-0.39, 0.29) is 11.5 Å². The molecule has 234 valence electrons. The molecule has 0 fully saturated rings. The van der Waals surface area contributed by atoms with Gasteiger partial charge in [-0.3, -0.25) is 4.79 Å². The summed E-state index contributed by atoms with van der Waals surface area (Å²) < 4.78 is 21.8. The Hall–Kier alpha value is -4.46. The number of unbranched alkanes of at least 4 members (excludes halogenated alkanes) is 2. The fraction of sp³-hybridized carbons (Fsp3) is 0.389.